The van der Waals surface area contributed by atoms with Crippen molar-refractivity contribution < 1.29 is 4.79 Å². The van der Waals surface area contributed by atoms with Crippen LogP contribution in [-0.4, -0.2) is 37.5 Å². The zero-order valence-electron chi connectivity index (χ0n) is 12.4. The van der Waals surface area contributed by atoms with Crippen LogP contribution in [0.25, 0.3) is 0 Å². The molecule has 19 heavy (non-hydrogen) atoms. The lowest BCUT2D eigenvalue weighted by Gasteiger charge is -2.28. The molecule has 0 aromatic heterocycles. The molecule has 3 unspecified atom stereocenters. The van der Waals surface area contributed by atoms with E-state index in [1.165, 1.54) is 32.1 Å². The summed E-state index contributed by atoms with van der Waals surface area (Å²) in [5.74, 6) is 2.56. The van der Waals surface area contributed by atoms with Crippen LogP contribution in [0.1, 0.15) is 45.4 Å². The van der Waals surface area contributed by atoms with E-state index in [-0.39, 0.29) is 12.4 Å². The second-order valence-electron chi connectivity index (χ2n) is 6.39. The predicted molar refractivity (Wildman–Crippen MR) is 81.6 cm³/mol. The predicted octanol–water partition coefficient (Wildman–Crippen LogP) is 2.69. The fourth-order valence-electron chi connectivity index (χ4n) is 3.64. The maximum absolute atomic E-state index is 12.3. The maximum atomic E-state index is 12.3. The third-order valence-electron chi connectivity index (χ3n) is 4.64. The molecule has 0 bridgehead atoms. The Kier molecular flexibility index (Phi) is 7.16. The average molecular weight is 289 g/mol. The van der Waals surface area contributed by atoms with E-state index in [4.69, 9.17) is 0 Å². The van der Waals surface area contributed by atoms with Crippen molar-refractivity contribution in [3.8, 4) is 0 Å². The van der Waals surface area contributed by atoms with Crippen LogP contribution in [0.5, 0.6) is 0 Å². The summed E-state index contributed by atoms with van der Waals surface area (Å²) >= 11 is 0. The molecule has 1 amide bonds. The number of rotatable bonds is 4. The molecule has 0 aromatic carbocycles. The molecule has 4 heteroatoms. The van der Waals surface area contributed by atoms with Gasteiger partial charge in [-0.2, -0.15) is 0 Å². The Morgan fingerprint density at radius 2 is 2.05 bits per heavy atom. The highest BCUT2D eigenvalue weighted by molar-refractivity contribution is 5.85. The largest absolute Gasteiger partial charge is 0.342 e. The number of carbonyl (C=O) groups is 1. The minimum Gasteiger partial charge on any atom is -0.342 e. The van der Waals surface area contributed by atoms with Crippen molar-refractivity contribution in [1.82, 2.24) is 10.2 Å². The van der Waals surface area contributed by atoms with Gasteiger partial charge in [-0.05, 0) is 50.6 Å². The third kappa shape index (κ3) is 4.96. The highest BCUT2D eigenvalue weighted by Crippen LogP contribution is 2.31. The molecular weight excluding hydrogens is 260 g/mol. The molecule has 3 nitrogen and oxygen atoms in total. The number of carbonyl (C=O) groups excluding carboxylic acids is 1. The average Bonchev–Trinajstić information content (AvgIpc) is 2.78. The molecule has 3 atom stereocenters. The van der Waals surface area contributed by atoms with Crippen LogP contribution in [0.15, 0.2) is 0 Å². The molecule has 112 valence electrons. The van der Waals surface area contributed by atoms with Crippen LogP contribution in [0.2, 0.25) is 0 Å². The van der Waals surface area contributed by atoms with Crippen LogP contribution >= 0.6 is 12.4 Å². The highest BCUT2D eigenvalue weighted by atomic mass is 35.5. The lowest BCUT2D eigenvalue weighted by Crippen LogP contribution is -2.32. The van der Waals surface area contributed by atoms with Gasteiger partial charge in [0.25, 0.3) is 0 Å². The molecule has 2 rings (SSSR count). The first-order valence-electron chi connectivity index (χ1n) is 7.61. The summed E-state index contributed by atoms with van der Waals surface area (Å²) in [6, 6.07) is 0. The van der Waals surface area contributed by atoms with E-state index in [9.17, 15) is 4.79 Å². The molecule has 1 aliphatic heterocycles. The Morgan fingerprint density at radius 3 is 2.74 bits per heavy atom. The molecule has 0 aromatic rings. The van der Waals surface area contributed by atoms with Gasteiger partial charge in [-0.15, -0.1) is 12.4 Å². The molecule has 1 heterocycles. The zero-order chi connectivity index (χ0) is 13.0. The SMILES string of the molecule is CNCC1CCN(C(=O)CC2CCCC(C)C2)C1.Cl. The first-order valence-corrected chi connectivity index (χ1v) is 7.61. The number of nitrogens with zero attached hydrogens (tertiary/aromatic N) is 1. The molecule has 1 N–H and O–H groups in total. The fraction of sp³-hybridized carbons (Fsp3) is 0.933. The number of halogens is 1. The van der Waals surface area contributed by atoms with Gasteiger partial charge >= 0.3 is 0 Å². The van der Waals surface area contributed by atoms with E-state index in [0.717, 1.165) is 32.0 Å². The summed E-state index contributed by atoms with van der Waals surface area (Å²) in [6.07, 6.45) is 7.19. The van der Waals surface area contributed by atoms with Gasteiger partial charge in [-0.25, -0.2) is 0 Å². The monoisotopic (exact) mass is 288 g/mol. The van der Waals surface area contributed by atoms with Crippen molar-refractivity contribution in [3.05, 3.63) is 0 Å². The Bertz CT molecular complexity index is 285. The van der Waals surface area contributed by atoms with Gasteiger partial charge < -0.3 is 10.2 Å². The van der Waals surface area contributed by atoms with Crippen molar-refractivity contribution >= 4 is 18.3 Å². The quantitative estimate of drug-likeness (QED) is 0.863. The van der Waals surface area contributed by atoms with Gasteiger partial charge in [0.05, 0.1) is 0 Å². The molecule has 2 fully saturated rings. The van der Waals surface area contributed by atoms with E-state index >= 15 is 0 Å². The minimum absolute atomic E-state index is 0. The summed E-state index contributed by atoms with van der Waals surface area (Å²) < 4.78 is 0. The summed E-state index contributed by atoms with van der Waals surface area (Å²) in [5.41, 5.74) is 0. The van der Waals surface area contributed by atoms with Crippen LogP contribution < -0.4 is 5.32 Å². The smallest absolute Gasteiger partial charge is 0.222 e. The van der Waals surface area contributed by atoms with Gasteiger partial charge in [0, 0.05) is 19.5 Å². The lowest BCUT2D eigenvalue weighted by atomic mass is 9.80. The molecular formula is C15H29ClN2O. The highest BCUT2D eigenvalue weighted by Gasteiger charge is 2.28. The first-order chi connectivity index (χ1) is 8.69. The topological polar surface area (TPSA) is 32.3 Å². The van der Waals surface area contributed by atoms with Gasteiger partial charge in [0.15, 0.2) is 0 Å². The Balaban J connectivity index is 0.00000180. The second-order valence-corrected chi connectivity index (χ2v) is 6.39. The van der Waals surface area contributed by atoms with Gasteiger partial charge in [-0.1, -0.05) is 19.8 Å². The second kappa shape index (κ2) is 8.11. The maximum Gasteiger partial charge on any atom is 0.222 e. The Morgan fingerprint density at radius 1 is 1.26 bits per heavy atom. The number of hydrogen-bond donors (Lipinski definition) is 1. The van der Waals surface area contributed by atoms with E-state index in [1.54, 1.807) is 0 Å². The van der Waals surface area contributed by atoms with Crippen LogP contribution in [0, 0.1) is 17.8 Å². The zero-order valence-corrected chi connectivity index (χ0v) is 13.2. The van der Waals surface area contributed by atoms with Crippen LogP contribution in [-0.2, 0) is 4.79 Å². The number of hydrogen-bond acceptors (Lipinski definition) is 2. The normalized spacial score (nSPS) is 31.1. The van der Waals surface area contributed by atoms with Crippen molar-refractivity contribution in [2.24, 2.45) is 17.8 Å². The summed E-state index contributed by atoms with van der Waals surface area (Å²) in [5, 5.41) is 3.22. The Hall–Kier alpha value is -0.280. The summed E-state index contributed by atoms with van der Waals surface area (Å²) in [4.78, 5) is 14.4. The summed E-state index contributed by atoms with van der Waals surface area (Å²) in [7, 11) is 1.99. The number of nitrogens with one attached hydrogen (secondary N) is 1. The van der Waals surface area contributed by atoms with Crippen molar-refractivity contribution in [2.75, 3.05) is 26.7 Å². The molecule has 1 saturated carbocycles. The van der Waals surface area contributed by atoms with Crippen molar-refractivity contribution in [2.45, 2.75) is 45.4 Å². The Labute approximate surface area is 123 Å². The van der Waals surface area contributed by atoms with E-state index in [2.05, 4.69) is 17.1 Å². The molecule has 1 aliphatic carbocycles. The van der Waals surface area contributed by atoms with E-state index < -0.39 is 0 Å². The van der Waals surface area contributed by atoms with Crippen molar-refractivity contribution in [3.63, 3.8) is 0 Å². The fourth-order valence-corrected chi connectivity index (χ4v) is 3.64. The summed E-state index contributed by atoms with van der Waals surface area (Å²) in [6.45, 7) is 5.33. The molecule has 0 spiro atoms. The van der Waals surface area contributed by atoms with E-state index in [1.807, 2.05) is 7.05 Å². The number of likely N-dealkylation sites (tertiary alicyclic amines) is 1. The van der Waals surface area contributed by atoms with Crippen LogP contribution in [0.4, 0.5) is 0 Å². The van der Waals surface area contributed by atoms with Gasteiger partial charge in [0.2, 0.25) is 5.91 Å². The van der Waals surface area contributed by atoms with Gasteiger partial charge in [0.1, 0.15) is 0 Å². The minimum atomic E-state index is 0. The molecule has 2 aliphatic rings. The number of amides is 1. The standard InChI is InChI=1S/C15H28N2O.ClH/c1-12-4-3-5-13(8-12)9-15(18)17-7-6-14(11-17)10-16-2;/h12-14,16H,3-11H2,1-2H3;1H. The van der Waals surface area contributed by atoms with Crippen molar-refractivity contribution in [1.29, 1.82) is 0 Å². The van der Waals surface area contributed by atoms with E-state index in [0.29, 0.717) is 17.7 Å². The first kappa shape index (κ1) is 16.8. The third-order valence-corrected chi connectivity index (χ3v) is 4.64. The van der Waals surface area contributed by atoms with Crippen LogP contribution in [0.3, 0.4) is 0 Å². The lowest BCUT2D eigenvalue weighted by molar-refractivity contribution is -0.131. The van der Waals surface area contributed by atoms with Gasteiger partial charge in [-0.3, -0.25) is 4.79 Å². The molecule has 1 saturated heterocycles. The molecule has 0 radical (unpaired) electrons.